The maximum absolute atomic E-state index is 15.8. The van der Waals surface area contributed by atoms with Gasteiger partial charge in [-0.05, 0) is 80.7 Å². The lowest BCUT2D eigenvalue weighted by molar-refractivity contribution is 0.0951. The first-order valence-corrected chi connectivity index (χ1v) is 14.6. The normalized spacial score (nSPS) is 18.2. The fourth-order valence-electron chi connectivity index (χ4n) is 6.50. The van der Waals surface area contributed by atoms with Gasteiger partial charge in [0.2, 0.25) is 5.43 Å². The van der Waals surface area contributed by atoms with Crippen LogP contribution in [0, 0.1) is 5.82 Å². The predicted octanol–water partition coefficient (Wildman–Crippen LogP) is 4.53. The molecular formula is C32H34FN5O3. The van der Waals surface area contributed by atoms with Gasteiger partial charge in [-0.2, -0.15) is 0 Å². The molecule has 2 fully saturated rings. The van der Waals surface area contributed by atoms with Crippen molar-refractivity contribution in [1.82, 2.24) is 14.8 Å². The zero-order valence-corrected chi connectivity index (χ0v) is 23.0. The minimum absolute atomic E-state index is 0.0145. The quantitative estimate of drug-likeness (QED) is 0.287. The number of rotatable bonds is 7. The number of unbranched alkanes of at least 4 members (excludes halogenated alkanes) is 1. The first-order chi connectivity index (χ1) is 20.0. The molecule has 41 heavy (non-hydrogen) atoms. The summed E-state index contributed by atoms with van der Waals surface area (Å²) >= 11 is 0. The Balaban J connectivity index is 1.30. The summed E-state index contributed by atoms with van der Waals surface area (Å²) in [5, 5.41) is 5.00. The first kappa shape index (κ1) is 26.0. The number of carbonyl (C=O) groups is 1. The van der Waals surface area contributed by atoms with Gasteiger partial charge in [0.1, 0.15) is 16.8 Å². The number of anilines is 1. The summed E-state index contributed by atoms with van der Waals surface area (Å²) < 4.78 is 24.1. The molecule has 3 aromatic carbocycles. The lowest BCUT2D eigenvalue weighted by Crippen LogP contribution is -2.32. The molecule has 1 aromatic heterocycles. The van der Waals surface area contributed by atoms with Crippen LogP contribution in [0.15, 0.2) is 53.5 Å². The lowest BCUT2D eigenvalue weighted by Gasteiger charge is -2.29. The molecule has 1 atom stereocenters. The number of nitrogens with two attached hydrogens (primary N) is 1. The molecule has 7 rings (SSSR count). The molecule has 0 bridgehead atoms. The Morgan fingerprint density at radius 2 is 1.85 bits per heavy atom. The third-order valence-electron chi connectivity index (χ3n) is 8.64. The molecule has 9 heteroatoms. The number of nitrogens with one attached hydrogen (secondary N) is 1. The number of amides is 1. The molecule has 0 radical (unpaired) electrons. The van der Waals surface area contributed by atoms with Gasteiger partial charge in [-0.1, -0.05) is 24.3 Å². The fourth-order valence-corrected chi connectivity index (χ4v) is 6.50. The van der Waals surface area contributed by atoms with E-state index in [1.807, 2.05) is 45.9 Å². The lowest BCUT2D eigenvalue weighted by atomic mass is 10.0. The number of halogens is 1. The van der Waals surface area contributed by atoms with Crippen LogP contribution in [0.2, 0.25) is 0 Å². The van der Waals surface area contributed by atoms with Gasteiger partial charge >= 0.3 is 0 Å². The number of hydrogen-bond donors (Lipinski definition) is 2. The number of hydrogen-bond acceptors (Lipinski definition) is 6. The summed E-state index contributed by atoms with van der Waals surface area (Å²) in [6, 6.07) is 13.0. The second-order valence-electron chi connectivity index (χ2n) is 11.4. The van der Waals surface area contributed by atoms with Crippen molar-refractivity contribution in [3.63, 3.8) is 0 Å². The first-order valence-electron chi connectivity index (χ1n) is 14.6. The van der Waals surface area contributed by atoms with Crippen LogP contribution < -0.4 is 26.1 Å². The van der Waals surface area contributed by atoms with Crippen molar-refractivity contribution in [3.8, 4) is 17.2 Å². The highest BCUT2D eigenvalue weighted by molar-refractivity contribution is 6.02. The number of carbonyl (C=O) groups excluding carboxylic acids is 1. The molecule has 8 nitrogen and oxygen atoms in total. The van der Waals surface area contributed by atoms with E-state index in [0.717, 1.165) is 49.7 Å². The van der Waals surface area contributed by atoms with E-state index in [4.69, 9.17) is 10.5 Å². The molecule has 4 heterocycles. The zero-order valence-electron chi connectivity index (χ0n) is 23.0. The number of nitrogens with zero attached hydrogens (tertiary/aromatic N) is 3. The molecule has 4 aromatic rings. The second-order valence-corrected chi connectivity index (χ2v) is 11.4. The number of benzene rings is 3. The summed E-state index contributed by atoms with van der Waals surface area (Å²) in [6.07, 6.45) is 6.64. The Kier molecular flexibility index (Phi) is 6.63. The number of aromatic nitrogens is 1. The van der Waals surface area contributed by atoms with E-state index in [9.17, 15) is 9.59 Å². The Hall–Kier alpha value is -3.95. The third-order valence-corrected chi connectivity index (χ3v) is 8.64. The van der Waals surface area contributed by atoms with Crippen molar-refractivity contribution in [3.05, 3.63) is 70.3 Å². The van der Waals surface area contributed by atoms with Crippen LogP contribution in [-0.2, 0) is 0 Å². The van der Waals surface area contributed by atoms with E-state index >= 15 is 4.39 Å². The molecule has 0 saturated carbocycles. The highest BCUT2D eigenvalue weighted by Gasteiger charge is 2.33. The van der Waals surface area contributed by atoms with Crippen molar-refractivity contribution in [2.45, 2.75) is 38.1 Å². The summed E-state index contributed by atoms with van der Waals surface area (Å²) in [7, 11) is 0. The molecule has 0 spiro atoms. The van der Waals surface area contributed by atoms with Crippen molar-refractivity contribution in [2.75, 3.05) is 44.2 Å². The SMILES string of the molecule is NC1CCN(c2c(F)cc3c(=O)c(C(=O)NCCCCN4CCCC4)cn4c3c2Oc2cc3ccccc3cc2-4)C1. The average molecular weight is 556 g/mol. The van der Waals surface area contributed by atoms with Gasteiger partial charge in [0, 0.05) is 31.9 Å². The summed E-state index contributed by atoms with van der Waals surface area (Å²) in [6.45, 7) is 4.87. The van der Waals surface area contributed by atoms with E-state index < -0.39 is 17.2 Å². The summed E-state index contributed by atoms with van der Waals surface area (Å²) in [4.78, 5) is 31.4. The van der Waals surface area contributed by atoms with E-state index in [2.05, 4.69) is 10.2 Å². The van der Waals surface area contributed by atoms with Crippen LogP contribution in [0.3, 0.4) is 0 Å². The van der Waals surface area contributed by atoms with Crippen LogP contribution in [0.1, 0.15) is 42.5 Å². The maximum Gasteiger partial charge on any atom is 0.256 e. The van der Waals surface area contributed by atoms with E-state index in [1.54, 1.807) is 6.20 Å². The topological polar surface area (TPSA) is 92.8 Å². The molecule has 2 saturated heterocycles. The van der Waals surface area contributed by atoms with E-state index in [0.29, 0.717) is 42.3 Å². The Bertz CT molecular complexity index is 1730. The summed E-state index contributed by atoms with van der Waals surface area (Å²) in [5.41, 5.74) is 7.08. The van der Waals surface area contributed by atoms with Crippen LogP contribution in [0.25, 0.3) is 27.4 Å². The highest BCUT2D eigenvalue weighted by Crippen LogP contribution is 2.48. The Labute approximate surface area is 237 Å². The van der Waals surface area contributed by atoms with Crippen LogP contribution in [0.5, 0.6) is 11.5 Å². The molecule has 212 valence electrons. The monoisotopic (exact) mass is 555 g/mol. The molecule has 3 aliphatic rings. The van der Waals surface area contributed by atoms with Crippen molar-refractivity contribution in [2.24, 2.45) is 5.73 Å². The minimum atomic E-state index is -0.561. The van der Waals surface area contributed by atoms with Crippen LogP contribution in [-0.4, -0.2) is 60.7 Å². The molecule has 0 aliphatic carbocycles. The largest absolute Gasteiger partial charge is 0.451 e. The highest BCUT2D eigenvalue weighted by atomic mass is 19.1. The number of fused-ring (bicyclic) bond motifs is 3. The maximum atomic E-state index is 15.8. The van der Waals surface area contributed by atoms with Crippen molar-refractivity contribution in [1.29, 1.82) is 0 Å². The van der Waals surface area contributed by atoms with Gasteiger partial charge in [0.05, 0.1) is 11.1 Å². The number of likely N-dealkylation sites (tertiary alicyclic amines) is 1. The fraction of sp³-hybridized carbons (Fsp3) is 0.375. The third kappa shape index (κ3) is 4.63. The average Bonchev–Trinajstić information content (AvgIpc) is 3.65. The molecule has 1 amide bonds. The van der Waals surface area contributed by atoms with Gasteiger partial charge in [-0.3, -0.25) is 9.59 Å². The van der Waals surface area contributed by atoms with Crippen LogP contribution in [0.4, 0.5) is 10.1 Å². The van der Waals surface area contributed by atoms with Gasteiger partial charge in [-0.15, -0.1) is 0 Å². The molecule has 3 N–H and O–H groups in total. The Morgan fingerprint density at radius 1 is 1.07 bits per heavy atom. The zero-order chi connectivity index (χ0) is 28.1. The smallest absolute Gasteiger partial charge is 0.256 e. The van der Waals surface area contributed by atoms with Gasteiger partial charge in [0.25, 0.3) is 5.91 Å². The van der Waals surface area contributed by atoms with E-state index in [-0.39, 0.29) is 22.7 Å². The van der Waals surface area contributed by atoms with Crippen molar-refractivity contribution >= 4 is 33.3 Å². The van der Waals surface area contributed by atoms with E-state index in [1.165, 1.54) is 18.9 Å². The van der Waals surface area contributed by atoms with Gasteiger partial charge < -0.3 is 30.2 Å². The van der Waals surface area contributed by atoms with Gasteiger partial charge in [-0.25, -0.2) is 4.39 Å². The number of ether oxygens (including phenoxy) is 1. The van der Waals surface area contributed by atoms with Crippen LogP contribution >= 0.6 is 0 Å². The van der Waals surface area contributed by atoms with Crippen molar-refractivity contribution < 1.29 is 13.9 Å². The second kappa shape index (κ2) is 10.5. The van der Waals surface area contributed by atoms with Gasteiger partial charge in [0.15, 0.2) is 17.3 Å². The molecule has 3 aliphatic heterocycles. The standard InChI is InChI=1S/C32H34FN5O3/c33-25-17-23-28-31(29(25)37-14-9-22(34)18-37)41-27-16-21-8-2-1-7-20(21)15-26(27)38(28)19-24(30(23)39)32(40)35-10-3-4-11-36-12-5-6-13-36/h1-2,7-8,15-17,19,22H,3-6,9-14,18,34H2,(H,35,40). The molecular weight excluding hydrogens is 521 g/mol. The summed E-state index contributed by atoms with van der Waals surface area (Å²) in [5.74, 6) is -0.200. The molecule has 1 unspecified atom stereocenters. The predicted molar refractivity (Wildman–Crippen MR) is 159 cm³/mol. The Morgan fingerprint density at radius 3 is 2.61 bits per heavy atom. The minimum Gasteiger partial charge on any atom is -0.451 e. The number of pyridine rings is 1.